The first-order chi connectivity index (χ1) is 14.5. The Morgan fingerprint density at radius 3 is 2.70 bits per heavy atom. The molecule has 1 aromatic rings. The Morgan fingerprint density at radius 2 is 1.97 bits per heavy atom. The number of allylic oxidation sites excluding steroid dienone is 1. The molecular weight excluding hydrogens is 507 g/mol. The number of alkyl halides is 2. The number of piperidine rings is 1. The van der Waals surface area contributed by atoms with Gasteiger partial charge in [-0.25, -0.2) is 0 Å². The van der Waals surface area contributed by atoms with Crippen molar-refractivity contribution in [3.63, 3.8) is 0 Å². The zero-order chi connectivity index (χ0) is 21.3. The third kappa shape index (κ3) is 4.77. The third-order valence-corrected chi connectivity index (χ3v) is 7.84. The first-order valence-corrected chi connectivity index (χ1v) is 12.9. The predicted octanol–water partition coefficient (Wildman–Crippen LogP) is 6.43. The summed E-state index contributed by atoms with van der Waals surface area (Å²) in [6, 6.07) is 3.94. The first-order valence-electron chi connectivity index (χ1n) is 10.7. The quantitative estimate of drug-likeness (QED) is 0.412. The van der Waals surface area contributed by atoms with Crippen molar-refractivity contribution in [3.8, 4) is 0 Å². The summed E-state index contributed by atoms with van der Waals surface area (Å²) in [4.78, 5) is 19.8. The van der Waals surface area contributed by atoms with Crippen molar-refractivity contribution in [2.75, 3.05) is 25.5 Å². The topological polar surface area (TPSA) is 32.7 Å². The van der Waals surface area contributed by atoms with Crippen LogP contribution in [-0.4, -0.2) is 46.9 Å². The summed E-state index contributed by atoms with van der Waals surface area (Å²) < 4.78 is 0. The minimum absolute atomic E-state index is 0.165. The van der Waals surface area contributed by atoms with Gasteiger partial charge in [0.15, 0.2) is 0 Å². The predicted molar refractivity (Wildman–Crippen MR) is 130 cm³/mol. The first kappa shape index (κ1) is 22.6. The van der Waals surface area contributed by atoms with Gasteiger partial charge in [-0.1, -0.05) is 45.2 Å². The molecule has 4 rings (SSSR count). The zero-order valence-corrected chi connectivity index (χ0v) is 20.7. The molecule has 2 heterocycles. The van der Waals surface area contributed by atoms with Gasteiger partial charge in [0.2, 0.25) is 5.91 Å². The van der Waals surface area contributed by atoms with E-state index in [1.54, 1.807) is 0 Å². The molecule has 2 atom stereocenters. The van der Waals surface area contributed by atoms with Crippen LogP contribution in [0, 0.1) is 5.92 Å². The van der Waals surface area contributed by atoms with E-state index < -0.39 is 0 Å². The fraction of sp³-hybridized carbons (Fsp3) is 0.565. The number of amides is 1. The number of carbonyl (C=O) groups is 1. The maximum absolute atomic E-state index is 12.4. The molecule has 0 spiro atoms. The second-order valence-electron chi connectivity index (χ2n) is 8.38. The lowest BCUT2D eigenvalue weighted by molar-refractivity contribution is -0.132. The van der Waals surface area contributed by atoms with E-state index >= 15 is 0 Å². The smallest absolute Gasteiger partial charge is 0.222 e. The van der Waals surface area contributed by atoms with E-state index in [0.29, 0.717) is 28.1 Å². The molecule has 0 N–H and O–H groups in total. The number of rotatable bonds is 4. The fourth-order valence-corrected chi connectivity index (χ4v) is 6.32. The molecule has 1 fully saturated rings. The van der Waals surface area contributed by atoms with Gasteiger partial charge >= 0.3 is 0 Å². The van der Waals surface area contributed by atoms with Crippen molar-refractivity contribution in [2.45, 2.75) is 49.3 Å². The number of carbonyl (C=O) groups excluding carboxylic acids is 1. The van der Waals surface area contributed by atoms with E-state index in [2.05, 4.69) is 28.1 Å². The van der Waals surface area contributed by atoms with E-state index in [-0.39, 0.29) is 11.8 Å². The molecule has 3 nitrogen and oxygen atoms in total. The van der Waals surface area contributed by atoms with Crippen molar-refractivity contribution < 1.29 is 4.79 Å². The lowest BCUT2D eigenvalue weighted by Gasteiger charge is -2.38. The summed E-state index contributed by atoms with van der Waals surface area (Å²) in [5.74, 6) is 1.33. The highest BCUT2D eigenvalue weighted by Gasteiger charge is 2.38. The number of fused-ring (bicyclic) bond motifs is 2. The third-order valence-electron chi connectivity index (χ3n) is 6.48. The Kier molecular flexibility index (Phi) is 7.50. The summed E-state index contributed by atoms with van der Waals surface area (Å²) >= 11 is 22.6. The van der Waals surface area contributed by atoms with Crippen LogP contribution in [0.15, 0.2) is 28.8 Å². The fourth-order valence-electron chi connectivity index (χ4n) is 5.07. The number of hydrogen-bond donors (Lipinski definition) is 0. The Balaban J connectivity index is 1.63. The normalized spacial score (nSPS) is 24.5. The molecule has 1 saturated heterocycles. The maximum atomic E-state index is 12.4. The molecule has 0 saturated carbocycles. The highest BCUT2D eigenvalue weighted by Crippen LogP contribution is 2.45. The second kappa shape index (κ2) is 9.94. The van der Waals surface area contributed by atoms with Gasteiger partial charge < -0.3 is 4.90 Å². The molecule has 1 amide bonds. The van der Waals surface area contributed by atoms with Gasteiger partial charge in [0, 0.05) is 47.1 Å². The number of halogens is 4. The molecule has 3 aliphatic rings. The van der Waals surface area contributed by atoms with Crippen LogP contribution >= 0.6 is 50.7 Å². The van der Waals surface area contributed by atoms with Crippen molar-refractivity contribution >= 4 is 62.4 Å². The van der Waals surface area contributed by atoms with Crippen LogP contribution in [-0.2, 0) is 11.2 Å². The van der Waals surface area contributed by atoms with Crippen molar-refractivity contribution in [2.24, 2.45) is 10.9 Å². The number of dihydropyridines is 1. The maximum Gasteiger partial charge on any atom is 0.222 e. The van der Waals surface area contributed by atoms with Crippen LogP contribution in [0.3, 0.4) is 0 Å². The lowest BCUT2D eigenvalue weighted by Crippen LogP contribution is -2.41. The minimum atomic E-state index is 0.165. The van der Waals surface area contributed by atoms with E-state index in [4.69, 9.17) is 39.8 Å². The molecule has 0 radical (unpaired) electrons. The average molecular weight is 533 g/mol. The minimum Gasteiger partial charge on any atom is -0.343 e. The van der Waals surface area contributed by atoms with Gasteiger partial charge in [0.25, 0.3) is 0 Å². The number of aliphatic imine (C=N–C) groups is 1. The Morgan fingerprint density at radius 1 is 1.20 bits per heavy atom. The molecule has 7 heteroatoms. The van der Waals surface area contributed by atoms with Crippen LogP contribution in [0.4, 0.5) is 0 Å². The highest BCUT2D eigenvalue weighted by atomic mass is 79.9. The Labute approximate surface area is 202 Å². The summed E-state index contributed by atoms with van der Waals surface area (Å²) in [6.07, 6.45) is 7.40. The molecule has 1 aliphatic carbocycles. The number of nitrogens with zero attached hydrogens (tertiary/aromatic N) is 2. The van der Waals surface area contributed by atoms with Crippen molar-refractivity contribution in [1.29, 1.82) is 0 Å². The second-order valence-corrected chi connectivity index (χ2v) is 10.8. The number of aryl methyl sites for hydroxylation is 1. The van der Waals surface area contributed by atoms with Gasteiger partial charge in [-0.15, -0.1) is 11.6 Å². The molecule has 30 heavy (non-hydrogen) atoms. The largest absolute Gasteiger partial charge is 0.343 e. The van der Waals surface area contributed by atoms with Gasteiger partial charge in [0.1, 0.15) is 0 Å². The molecule has 2 aliphatic heterocycles. The Hall–Kier alpha value is -0.550. The zero-order valence-electron chi connectivity index (χ0n) is 16.8. The molecule has 162 valence electrons. The van der Waals surface area contributed by atoms with Crippen LogP contribution in [0.25, 0.3) is 0 Å². The lowest BCUT2D eigenvalue weighted by atomic mass is 9.75. The summed E-state index contributed by atoms with van der Waals surface area (Å²) in [7, 11) is 0. The molecule has 2 unspecified atom stereocenters. The average Bonchev–Trinajstić information content (AvgIpc) is 2.89. The number of likely N-dealkylation sites (tertiary alicyclic amines) is 1. The van der Waals surface area contributed by atoms with Crippen molar-refractivity contribution in [3.05, 3.63) is 45.0 Å². The van der Waals surface area contributed by atoms with Gasteiger partial charge in [-0.2, -0.15) is 0 Å². The molecule has 0 bridgehead atoms. The molecular formula is C23H26BrCl3N2O. The van der Waals surface area contributed by atoms with Gasteiger partial charge in [0.05, 0.1) is 11.4 Å². The molecule has 0 aromatic heterocycles. The number of hydrogen-bond acceptors (Lipinski definition) is 2. The van der Waals surface area contributed by atoms with Gasteiger partial charge in [-0.3, -0.25) is 9.79 Å². The molecule has 1 aromatic carbocycles. The Bertz CT molecular complexity index is 877. The van der Waals surface area contributed by atoms with Crippen molar-refractivity contribution in [1.82, 2.24) is 4.90 Å². The highest BCUT2D eigenvalue weighted by molar-refractivity contribution is 9.09. The van der Waals surface area contributed by atoms with E-state index in [0.717, 1.165) is 56.8 Å². The van der Waals surface area contributed by atoms with Gasteiger partial charge in [-0.05, 0) is 66.9 Å². The van der Waals surface area contributed by atoms with Crippen LogP contribution in [0.5, 0.6) is 0 Å². The monoisotopic (exact) mass is 530 g/mol. The van der Waals surface area contributed by atoms with E-state index in [9.17, 15) is 4.79 Å². The summed E-state index contributed by atoms with van der Waals surface area (Å²) in [5, 5.41) is 1.43. The van der Waals surface area contributed by atoms with Crippen LogP contribution < -0.4 is 0 Å². The van der Waals surface area contributed by atoms with Crippen LogP contribution in [0.1, 0.15) is 49.1 Å². The number of benzene rings is 1. The van der Waals surface area contributed by atoms with E-state index in [1.165, 1.54) is 22.4 Å². The SMILES string of the molecule is O=C(CCCCl)N1CCC(C2C3=NCC(Br)C=C3CCc3cc(Cl)cc(Cl)c32)CC1. The summed E-state index contributed by atoms with van der Waals surface area (Å²) in [6.45, 7) is 2.33. The standard InChI is InChI=1S/C23H26BrCl3N2O/c24-17-10-16-4-3-15-11-18(26)12-19(27)21(15)22(23(16)28-13-17)14-5-8-29(9-6-14)20(30)2-1-7-25/h10-12,14,17,22H,1-9,13H2. The van der Waals surface area contributed by atoms with E-state index in [1.807, 2.05) is 11.0 Å². The summed E-state index contributed by atoms with van der Waals surface area (Å²) in [5.41, 5.74) is 4.96. The van der Waals surface area contributed by atoms with Crippen LogP contribution in [0.2, 0.25) is 10.0 Å².